The molecule has 0 rings (SSSR count). The van der Waals surface area contributed by atoms with Crippen LogP contribution in [0.4, 0.5) is 0 Å². The minimum absolute atomic E-state index is 0.458. The molecule has 4 N–H and O–H groups in total. The summed E-state index contributed by atoms with van der Waals surface area (Å²) in [5, 5.41) is 39.4. The van der Waals surface area contributed by atoms with Gasteiger partial charge in [0, 0.05) is 6.42 Å². The van der Waals surface area contributed by atoms with Crippen LogP contribution in [0, 0.1) is 17.3 Å². The van der Waals surface area contributed by atoms with Crippen molar-refractivity contribution < 1.29 is 25.2 Å². The van der Waals surface area contributed by atoms with Crippen molar-refractivity contribution in [2.24, 2.45) is 5.41 Å². The normalized spacial score (nSPS) is 16.3. The molecule has 0 aliphatic rings. The summed E-state index contributed by atoms with van der Waals surface area (Å²) in [5.41, 5.74) is -2.29. The lowest BCUT2D eigenvalue weighted by atomic mass is 9.87. The van der Waals surface area contributed by atoms with E-state index in [0.29, 0.717) is 19.3 Å². The summed E-state index contributed by atoms with van der Waals surface area (Å²) in [6.45, 7) is 6.98. The van der Waals surface area contributed by atoms with E-state index in [1.807, 2.05) is 0 Å². The third-order valence-electron chi connectivity index (χ3n) is 4.82. The Morgan fingerprint density at radius 3 is 2.19 bits per heavy atom. The third-order valence-corrected chi connectivity index (χ3v) is 4.82. The van der Waals surface area contributed by atoms with Gasteiger partial charge in [-0.3, -0.25) is 4.79 Å². The average Bonchev–Trinajstić information content (AvgIpc) is 2.56. The Hall–Kier alpha value is -1.09. The van der Waals surface area contributed by atoms with E-state index < -0.39 is 29.2 Å². The molecule has 152 valence electrons. The van der Waals surface area contributed by atoms with Gasteiger partial charge in [0.15, 0.2) is 5.60 Å². The zero-order valence-corrected chi connectivity index (χ0v) is 16.9. The zero-order valence-electron chi connectivity index (χ0n) is 16.9. The number of rotatable bonds is 13. The molecule has 0 aromatic heterocycles. The third kappa shape index (κ3) is 10.2. The van der Waals surface area contributed by atoms with Gasteiger partial charge < -0.3 is 20.4 Å². The van der Waals surface area contributed by atoms with Gasteiger partial charge in [0.2, 0.25) is 0 Å². The summed E-state index contributed by atoms with van der Waals surface area (Å²) < 4.78 is 0. The molecule has 3 atom stereocenters. The van der Waals surface area contributed by atoms with Gasteiger partial charge in [-0.25, -0.2) is 0 Å². The van der Waals surface area contributed by atoms with Crippen LogP contribution in [0.25, 0.3) is 0 Å². The predicted molar refractivity (Wildman–Crippen MR) is 104 cm³/mol. The second-order valence-electron chi connectivity index (χ2n) is 8.06. The van der Waals surface area contributed by atoms with Gasteiger partial charge in [-0.2, -0.15) is 0 Å². The van der Waals surface area contributed by atoms with Crippen molar-refractivity contribution in [2.75, 3.05) is 0 Å². The highest BCUT2D eigenvalue weighted by Crippen LogP contribution is 2.24. The first kappa shape index (κ1) is 24.9. The van der Waals surface area contributed by atoms with Crippen LogP contribution in [-0.2, 0) is 4.79 Å². The fraction of sp³-hybridized carbons (Fsp3) is 0.857. The van der Waals surface area contributed by atoms with E-state index >= 15 is 0 Å². The molecule has 0 fully saturated rings. The van der Waals surface area contributed by atoms with Gasteiger partial charge >= 0.3 is 5.97 Å². The molecule has 0 aromatic carbocycles. The molecule has 26 heavy (non-hydrogen) atoms. The molecular weight excluding hydrogens is 332 g/mol. The van der Waals surface area contributed by atoms with E-state index in [1.165, 1.54) is 6.92 Å². The number of aliphatic hydroxyl groups excluding tert-OH is 2. The number of aliphatic hydroxyl groups is 3. The smallest absolute Gasteiger partial charge is 0.309 e. The molecule has 0 amide bonds. The molecule has 0 saturated carbocycles. The maximum atomic E-state index is 11.0. The van der Waals surface area contributed by atoms with Crippen LogP contribution in [0.15, 0.2) is 0 Å². The Bertz CT molecular complexity index is 459. The maximum Gasteiger partial charge on any atom is 0.309 e. The van der Waals surface area contributed by atoms with Crippen molar-refractivity contribution >= 4 is 5.97 Å². The molecule has 0 saturated heterocycles. The van der Waals surface area contributed by atoms with Crippen LogP contribution in [-0.4, -0.2) is 44.2 Å². The quantitative estimate of drug-likeness (QED) is 0.294. The first-order valence-corrected chi connectivity index (χ1v) is 9.86. The SMILES string of the molecule is CCCCCC(O)C(O)C(C)(O)C#CCCCCCCC(C)(C)C(=O)O. The summed E-state index contributed by atoms with van der Waals surface area (Å²) in [6, 6.07) is 0. The molecule has 0 aliphatic heterocycles. The van der Waals surface area contributed by atoms with E-state index in [-0.39, 0.29) is 0 Å². The van der Waals surface area contributed by atoms with Crippen LogP contribution < -0.4 is 0 Å². The van der Waals surface area contributed by atoms with Gasteiger partial charge in [0.05, 0.1) is 11.5 Å². The first-order chi connectivity index (χ1) is 12.0. The van der Waals surface area contributed by atoms with Crippen LogP contribution >= 0.6 is 0 Å². The van der Waals surface area contributed by atoms with E-state index in [0.717, 1.165) is 44.9 Å². The Morgan fingerprint density at radius 2 is 1.62 bits per heavy atom. The van der Waals surface area contributed by atoms with Crippen molar-refractivity contribution in [3.63, 3.8) is 0 Å². The summed E-state index contributed by atoms with van der Waals surface area (Å²) in [5.74, 6) is 4.80. The maximum absolute atomic E-state index is 11.0. The van der Waals surface area contributed by atoms with Crippen LogP contribution in [0.2, 0.25) is 0 Å². The summed E-state index contributed by atoms with van der Waals surface area (Å²) in [4.78, 5) is 11.0. The van der Waals surface area contributed by atoms with Gasteiger partial charge in [0.25, 0.3) is 0 Å². The topological polar surface area (TPSA) is 98.0 Å². The molecule has 0 spiro atoms. The second-order valence-corrected chi connectivity index (χ2v) is 8.06. The van der Waals surface area contributed by atoms with Gasteiger partial charge in [-0.05, 0) is 40.0 Å². The molecular formula is C21H38O5. The van der Waals surface area contributed by atoms with Crippen molar-refractivity contribution in [3.8, 4) is 11.8 Å². The van der Waals surface area contributed by atoms with Crippen molar-refractivity contribution in [1.29, 1.82) is 0 Å². The number of carbonyl (C=O) groups is 1. The highest BCUT2D eigenvalue weighted by Gasteiger charge is 2.33. The fourth-order valence-corrected chi connectivity index (χ4v) is 2.69. The molecule has 5 nitrogen and oxygen atoms in total. The van der Waals surface area contributed by atoms with Crippen molar-refractivity contribution in [2.45, 2.75) is 110 Å². The highest BCUT2D eigenvalue weighted by molar-refractivity contribution is 5.73. The van der Waals surface area contributed by atoms with E-state index in [1.54, 1.807) is 13.8 Å². The second kappa shape index (κ2) is 12.3. The first-order valence-electron chi connectivity index (χ1n) is 9.86. The minimum Gasteiger partial charge on any atom is -0.481 e. The lowest BCUT2D eigenvalue weighted by Gasteiger charge is -2.27. The van der Waals surface area contributed by atoms with Crippen LogP contribution in [0.3, 0.4) is 0 Å². The van der Waals surface area contributed by atoms with Crippen molar-refractivity contribution in [1.82, 2.24) is 0 Å². The number of carboxylic acid groups (broad SMARTS) is 1. The molecule has 0 radical (unpaired) electrons. The summed E-state index contributed by atoms with van der Waals surface area (Å²) in [6.07, 6.45) is 5.96. The Morgan fingerprint density at radius 1 is 1.00 bits per heavy atom. The lowest BCUT2D eigenvalue weighted by Crippen LogP contribution is -2.45. The molecule has 0 bridgehead atoms. The predicted octanol–water partition coefficient (Wildman–Crippen LogP) is 3.49. The number of hydrogen-bond donors (Lipinski definition) is 4. The van der Waals surface area contributed by atoms with E-state index in [9.17, 15) is 20.1 Å². The fourth-order valence-electron chi connectivity index (χ4n) is 2.69. The minimum atomic E-state index is -1.61. The van der Waals surface area contributed by atoms with Crippen LogP contribution in [0.1, 0.15) is 91.9 Å². The number of hydrogen-bond acceptors (Lipinski definition) is 4. The van der Waals surface area contributed by atoms with Crippen LogP contribution in [0.5, 0.6) is 0 Å². The summed E-state index contributed by atoms with van der Waals surface area (Å²) >= 11 is 0. The van der Waals surface area contributed by atoms with Gasteiger partial charge in [-0.1, -0.05) is 51.4 Å². The largest absolute Gasteiger partial charge is 0.481 e. The molecule has 5 heteroatoms. The summed E-state index contributed by atoms with van der Waals surface area (Å²) in [7, 11) is 0. The Kier molecular flexibility index (Phi) is 11.8. The molecule has 0 aliphatic carbocycles. The Labute approximate surface area is 158 Å². The Balaban J connectivity index is 4.08. The molecule has 3 unspecified atom stereocenters. The highest BCUT2D eigenvalue weighted by atomic mass is 16.4. The van der Waals surface area contributed by atoms with Gasteiger partial charge in [0.1, 0.15) is 6.10 Å². The monoisotopic (exact) mass is 370 g/mol. The van der Waals surface area contributed by atoms with Crippen molar-refractivity contribution in [3.05, 3.63) is 0 Å². The number of carboxylic acids is 1. The number of unbranched alkanes of at least 4 members (excludes halogenated alkanes) is 6. The average molecular weight is 371 g/mol. The lowest BCUT2D eigenvalue weighted by molar-refractivity contribution is -0.147. The van der Waals surface area contributed by atoms with E-state index in [4.69, 9.17) is 5.11 Å². The molecule has 0 heterocycles. The molecule has 0 aromatic rings. The number of aliphatic carboxylic acids is 1. The van der Waals surface area contributed by atoms with E-state index in [2.05, 4.69) is 18.8 Å². The zero-order chi connectivity index (χ0) is 20.2. The standard InChI is InChI=1S/C21H38O5/c1-5-6-11-14-17(22)18(23)21(4,26)16-13-10-8-7-9-12-15-20(2,3)19(24)25/h17-18,22-23,26H,5-12,14-15H2,1-4H3,(H,24,25). The van der Waals surface area contributed by atoms with Gasteiger partial charge in [-0.15, -0.1) is 5.92 Å².